The first-order chi connectivity index (χ1) is 9.72. The van der Waals surface area contributed by atoms with Crippen molar-refractivity contribution in [3.8, 4) is 0 Å². The van der Waals surface area contributed by atoms with Crippen LogP contribution in [0.5, 0.6) is 0 Å². The van der Waals surface area contributed by atoms with Crippen LogP contribution in [0.2, 0.25) is 10.0 Å². The van der Waals surface area contributed by atoms with E-state index in [0.717, 1.165) is 35.0 Å². The van der Waals surface area contributed by atoms with Crippen LogP contribution in [0.3, 0.4) is 0 Å². The second-order valence-electron chi connectivity index (χ2n) is 5.33. The van der Waals surface area contributed by atoms with Gasteiger partial charge in [0.2, 0.25) is 0 Å². The minimum atomic E-state index is 0.514. The number of hydrogen-bond donors (Lipinski definition) is 1. The van der Waals surface area contributed by atoms with Gasteiger partial charge in [-0.15, -0.1) is 0 Å². The van der Waals surface area contributed by atoms with Crippen LogP contribution in [0.1, 0.15) is 23.1 Å². The van der Waals surface area contributed by atoms with E-state index in [-0.39, 0.29) is 0 Å². The van der Waals surface area contributed by atoms with E-state index >= 15 is 0 Å². The topological polar surface area (TPSA) is 12.0 Å². The van der Waals surface area contributed by atoms with Crippen LogP contribution in [0.15, 0.2) is 42.5 Å². The summed E-state index contributed by atoms with van der Waals surface area (Å²) in [6.45, 7) is 0.770. The number of aryl methyl sites for hydroxylation is 1. The van der Waals surface area contributed by atoms with Crippen molar-refractivity contribution in [3.63, 3.8) is 0 Å². The molecule has 2 aromatic carbocycles. The molecule has 0 spiro atoms. The molecule has 0 bridgehead atoms. The minimum Gasteiger partial charge on any atom is -0.310 e. The van der Waals surface area contributed by atoms with Crippen LogP contribution in [-0.2, 0) is 19.4 Å². The molecule has 1 atom stereocenters. The summed E-state index contributed by atoms with van der Waals surface area (Å²) < 4.78 is 0. The van der Waals surface area contributed by atoms with E-state index in [1.54, 1.807) is 0 Å². The normalized spacial score (nSPS) is 17.8. The fourth-order valence-corrected chi connectivity index (χ4v) is 3.18. The molecule has 20 heavy (non-hydrogen) atoms. The molecule has 1 N–H and O–H groups in total. The summed E-state index contributed by atoms with van der Waals surface area (Å²) >= 11 is 12.2. The maximum Gasteiger partial charge on any atom is 0.0451 e. The molecule has 0 saturated carbocycles. The lowest BCUT2D eigenvalue weighted by molar-refractivity contribution is 0.458. The Bertz CT molecular complexity index is 610. The quantitative estimate of drug-likeness (QED) is 0.871. The highest BCUT2D eigenvalue weighted by atomic mass is 35.5. The smallest absolute Gasteiger partial charge is 0.0451 e. The highest BCUT2D eigenvalue weighted by Gasteiger charge is 2.17. The van der Waals surface area contributed by atoms with Crippen LogP contribution in [0, 0.1) is 0 Å². The number of nitrogens with one attached hydrogen (secondary N) is 1. The minimum absolute atomic E-state index is 0.514. The van der Waals surface area contributed by atoms with E-state index in [1.807, 2.05) is 18.2 Å². The molecule has 0 heterocycles. The van der Waals surface area contributed by atoms with Gasteiger partial charge in [0.05, 0.1) is 0 Å². The molecule has 1 aliphatic rings. The van der Waals surface area contributed by atoms with Crippen LogP contribution >= 0.6 is 23.2 Å². The van der Waals surface area contributed by atoms with Crippen molar-refractivity contribution in [2.24, 2.45) is 0 Å². The molecule has 0 amide bonds. The summed E-state index contributed by atoms with van der Waals surface area (Å²) in [6, 6.07) is 14.8. The van der Waals surface area contributed by atoms with E-state index in [2.05, 4.69) is 29.6 Å². The monoisotopic (exact) mass is 305 g/mol. The number of rotatable bonds is 3. The lowest BCUT2D eigenvalue weighted by Gasteiger charge is -2.25. The molecule has 0 aromatic heterocycles. The molecule has 0 aliphatic heterocycles. The molecule has 0 saturated heterocycles. The van der Waals surface area contributed by atoms with E-state index in [0.29, 0.717) is 6.04 Å². The molecule has 3 rings (SSSR count). The average molecular weight is 306 g/mol. The summed E-state index contributed by atoms with van der Waals surface area (Å²) in [5, 5.41) is 5.12. The molecule has 104 valence electrons. The van der Waals surface area contributed by atoms with Crippen molar-refractivity contribution >= 4 is 23.2 Å². The molecule has 3 heteroatoms. The van der Waals surface area contributed by atoms with Crippen LogP contribution < -0.4 is 5.32 Å². The second kappa shape index (κ2) is 6.17. The van der Waals surface area contributed by atoms with Crippen molar-refractivity contribution in [2.75, 3.05) is 0 Å². The van der Waals surface area contributed by atoms with E-state index in [1.165, 1.54) is 17.5 Å². The van der Waals surface area contributed by atoms with Crippen LogP contribution in [-0.4, -0.2) is 6.04 Å². The summed E-state index contributed by atoms with van der Waals surface area (Å²) in [7, 11) is 0. The zero-order valence-corrected chi connectivity index (χ0v) is 12.7. The Morgan fingerprint density at radius 1 is 1.05 bits per heavy atom. The van der Waals surface area contributed by atoms with Crippen molar-refractivity contribution < 1.29 is 0 Å². The van der Waals surface area contributed by atoms with Gasteiger partial charge in [-0.3, -0.25) is 0 Å². The maximum absolute atomic E-state index is 6.20. The van der Waals surface area contributed by atoms with Gasteiger partial charge in [0.15, 0.2) is 0 Å². The molecular formula is C17H17Cl2N. The number of fused-ring (bicyclic) bond motifs is 1. The third kappa shape index (κ3) is 3.17. The first kappa shape index (κ1) is 13.9. The summed E-state index contributed by atoms with van der Waals surface area (Å²) in [5.41, 5.74) is 4.03. The Balaban J connectivity index is 1.64. The number of hydrogen-bond acceptors (Lipinski definition) is 1. The molecule has 1 unspecified atom stereocenters. The van der Waals surface area contributed by atoms with Gasteiger partial charge >= 0.3 is 0 Å². The summed E-state index contributed by atoms with van der Waals surface area (Å²) in [4.78, 5) is 0. The molecular weight excluding hydrogens is 289 g/mol. The molecule has 0 radical (unpaired) electrons. The lowest BCUT2D eigenvalue weighted by Crippen LogP contribution is -2.34. The predicted octanol–water partition coefficient (Wildman–Crippen LogP) is 4.64. The molecule has 1 nitrogen and oxygen atoms in total. The predicted molar refractivity (Wildman–Crippen MR) is 85.6 cm³/mol. The van der Waals surface area contributed by atoms with Gasteiger partial charge in [-0.05, 0) is 54.2 Å². The van der Waals surface area contributed by atoms with E-state index < -0.39 is 0 Å². The van der Waals surface area contributed by atoms with Gasteiger partial charge < -0.3 is 5.32 Å². The summed E-state index contributed by atoms with van der Waals surface area (Å²) in [6.07, 6.45) is 3.42. The van der Waals surface area contributed by atoms with Gasteiger partial charge in [-0.1, -0.05) is 47.5 Å². The Labute approximate surface area is 129 Å². The molecule has 1 aliphatic carbocycles. The van der Waals surface area contributed by atoms with E-state index in [4.69, 9.17) is 23.2 Å². The molecule has 0 fully saturated rings. The van der Waals surface area contributed by atoms with Crippen molar-refractivity contribution in [1.82, 2.24) is 5.32 Å². The first-order valence-corrected chi connectivity index (χ1v) is 7.72. The average Bonchev–Trinajstić information content (AvgIpc) is 2.48. The standard InChI is InChI=1S/C17H17Cl2N/c18-15-6-8-17(19)14(9-15)11-20-16-7-5-12-3-1-2-4-13(12)10-16/h1-4,6,8-9,16,20H,5,7,10-11H2. The highest BCUT2D eigenvalue weighted by Crippen LogP contribution is 2.23. The maximum atomic E-state index is 6.20. The lowest BCUT2D eigenvalue weighted by atomic mass is 9.88. The first-order valence-electron chi connectivity index (χ1n) is 6.96. The highest BCUT2D eigenvalue weighted by molar-refractivity contribution is 6.33. The Morgan fingerprint density at radius 2 is 1.85 bits per heavy atom. The van der Waals surface area contributed by atoms with E-state index in [9.17, 15) is 0 Å². The van der Waals surface area contributed by atoms with Gasteiger partial charge in [0.1, 0.15) is 0 Å². The van der Waals surface area contributed by atoms with Crippen molar-refractivity contribution in [2.45, 2.75) is 31.8 Å². The Kier molecular flexibility index (Phi) is 4.30. The van der Waals surface area contributed by atoms with Gasteiger partial charge in [-0.2, -0.15) is 0 Å². The van der Waals surface area contributed by atoms with Gasteiger partial charge in [0.25, 0.3) is 0 Å². The third-order valence-electron chi connectivity index (χ3n) is 3.94. The largest absolute Gasteiger partial charge is 0.310 e. The number of halogens is 2. The fourth-order valence-electron chi connectivity index (χ4n) is 2.81. The Morgan fingerprint density at radius 3 is 2.70 bits per heavy atom. The van der Waals surface area contributed by atoms with Crippen LogP contribution in [0.4, 0.5) is 0 Å². The Hall–Kier alpha value is -1.02. The van der Waals surface area contributed by atoms with Crippen LogP contribution in [0.25, 0.3) is 0 Å². The third-order valence-corrected chi connectivity index (χ3v) is 4.54. The van der Waals surface area contributed by atoms with Gasteiger partial charge in [-0.25, -0.2) is 0 Å². The van der Waals surface area contributed by atoms with Crippen molar-refractivity contribution in [1.29, 1.82) is 0 Å². The zero-order chi connectivity index (χ0) is 13.9. The second-order valence-corrected chi connectivity index (χ2v) is 6.17. The number of benzene rings is 2. The zero-order valence-electron chi connectivity index (χ0n) is 11.2. The van der Waals surface area contributed by atoms with Crippen molar-refractivity contribution in [3.05, 3.63) is 69.2 Å². The molecule has 2 aromatic rings. The SMILES string of the molecule is Clc1ccc(Cl)c(CNC2CCc3ccccc3C2)c1. The fraction of sp³-hybridized carbons (Fsp3) is 0.294. The summed E-state index contributed by atoms with van der Waals surface area (Å²) in [5.74, 6) is 0. The van der Waals surface area contributed by atoms with Gasteiger partial charge in [0, 0.05) is 22.6 Å².